The van der Waals surface area contributed by atoms with Crippen molar-refractivity contribution in [2.75, 3.05) is 0 Å². The third-order valence-corrected chi connectivity index (χ3v) is 4.54. The van der Waals surface area contributed by atoms with Gasteiger partial charge in [-0.1, -0.05) is 35.5 Å². The lowest BCUT2D eigenvalue weighted by Crippen LogP contribution is -1.99. The smallest absolute Gasteiger partial charge is 0.132 e. The Morgan fingerprint density at radius 2 is 1.58 bits per heavy atom. The van der Waals surface area contributed by atoms with E-state index in [1.807, 2.05) is 0 Å². The van der Waals surface area contributed by atoms with Gasteiger partial charge in [-0.3, -0.25) is 0 Å². The van der Waals surface area contributed by atoms with Gasteiger partial charge < -0.3 is 0 Å². The molecule has 26 heavy (non-hydrogen) atoms. The van der Waals surface area contributed by atoms with Gasteiger partial charge in [0, 0.05) is 15.5 Å². The van der Waals surface area contributed by atoms with E-state index in [2.05, 4.69) is 4.99 Å². The van der Waals surface area contributed by atoms with Crippen molar-refractivity contribution in [3.05, 3.63) is 107 Å². The van der Waals surface area contributed by atoms with Gasteiger partial charge in [0.05, 0.1) is 11.4 Å². The number of benzene rings is 3. The fourth-order valence-corrected chi connectivity index (χ4v) is 2.97. The molecule has 0 saturated carbocycles. The summed E-state index contributed by atoms with van der Waals surface area (Å²) in [6.45, 7) is 0. The monoisotopic (exact) mass is 385 g/mol. The van der Waals surface area contributed by atoms with E-state index < -0.39 is 0 Å². The lowest BCUT2D eigenvalue weighted by atomic mass is 10.1. The number of hydrogen-bond donors (Lipinski definition) is 0. The summed E-state index contributed by atoms with van der Waals surface area (Å²) in [5, 5.41) is 2.41. The fourth-order valence-electron chi connectivity index (χ4n) is 2.20. The van der Waals surface area contributed by atoms with Crippen LogP contribution in [0.2, 0.25) is 5.02 Å². The Balaban J connectivity index is 1.90. The SMILES string of the molecule is Fc1ccc(S/C=C/C(=N/c2ccc(Cl)cc2)c2ccccc2F)cc1. The highest BCUT2D eigenvalue weighted by Gasteiger charge is 2.07. The van der Waals surface area contributed by atoms with Crippen molar-refractivity contribution in [3.63, 3.8) is 0 Å². The minimum absolute atomic E-state index is 0.283. The van der Waals surface area contributed by atoms with Crippen LogP contribution in [0.3, 0.4) is 0 Å². The number of hydrogen-bond acceptors (Lipinski definition) is 2. The van der Waals surface area contributed by atoms with Gasteiger partial charge in [0.2, 0.25) is 0 Å². The Kier molecular flexibility index (Phi) is 6.21. The van der Waals surface area contributed by atoms with Gasteiger partial charge >= 0.3 is 0 Å². The number of aliphatic imine (C=N–C) groups is 1. The fraction of sp³-hybridized carbons (Fsp3) is 0. The van der Waals surface area contributed by atoms with Crippen LogP contribution in [0.5, 0.6) is 0 Å². The molecule has 3 rings (SSSR count). The van der Waals surface area contributed by atoms with Crippen LogP contribution in [-0.4, -0.2) is 5.71 Å². The molecule has 0 bridgehead atoms. The highest BCUT2D eigenvalue weighted by molar-refractivity contribution is 8.02. The summed E-state index contributed by atoms with van der Waals surface area (Å²) in [6.07, 6.45) is 1.74. The largest absolute Gasteiger partial charge is 0.248 e. The molecule has 0 spiro atoms. The Labute approximate surface area is 160 Å². The molecular formula is C21H14ClF2NS. The molecule has 3 aromatic rings. The molecule has 0 fully saturated rings. The summed E-state index contributed by atoms with van der Waals surface area (Å²) in [7, 11) is 0. The van der Waals surface area contributed by atoms with Crippen molar-refractivity contribution in [1.82, 2.24) is 0 Å². The van der Waals surface area contributed by atoms with Crippen LogP contribution < -0.4 is 0 Å². The maximum atomic E-state index is 14.2. The van der Waals surface area contributed by atoms with E-state index in [1.54, 1.807) is 66.1 Å². The zero-order valence-corrected chi connectivity index (χ0v) is 15.1. The lowest BCUT2D eigenvalue weighted by molar-refractivity contribution is 0.625. The standard InChI is InChI=1S/C21H14ClF2NS/c22-15-5-9-17(10-6-15)25-21(19-3-1-2-4-20(19)24)13-14-26-18-11-7-16(23)8-12-18/h1-14H/b14-13+,25-21-. The van der Waals surface area contributed by atoms with Crippen molar-refractivity contribution < 1.29 is 8.78 Å². The van der Waals surface area contributed by atoms with Crippen molar-refractivity contribution in [1.29, 1.82) is 0 Å². The summed E-state index contributed by atoms with van der Waals surface area (Å²) in [5.41, 5.74) is 1.56. The maximum Gasteiger partial charge on any atom is 0.132 e. The quantitative estimate of drug-likeness (QED) is 0.338. The topological polar surface area (TPSA) is 12.4 Å². The molecule has 0 aromatic heterocycles. The number of allylic oxidation sites excluding steroid dienone is 1. The van der Waals surface area contributed by atoms with E-state index in [-0.39, 0.29) is 11.6 Å². The Bertz CT molecular complexity index is 935. The van der Waals surface area contributed by atoms with Crippen LogP contribution in [0.1, 0.15) is 5.56 Å². The number of thioether (sulfide) groups is 1. The molecule has 0 heterocycles. The van der Waals surface area contributed by atoms with Crippen LogP contribution in [0.4, 0.5) is 14.5 Å². The van der Waals surface area contributed by atoms with Crippen LogP contribution in [0, 0.1) is 11.6 Å². The first kappa shape index (κ1) is 18.4. The van der Waals surface area contributed by atoms with E-state index >= 15 is 0 Å². The second kappa shape index (κ2) is 8.79. The first-order chi connectivity index (χ1) is 12.6. The van der Waals surface area contributed by atoms with E-state index in [1.165, 1.54) is 30.0 Å². The van der Waals surface area contributed by atoms with Gasteiger partial charge in [0.1, 0.15) is 11.6 Å². The lowest BCUT2D eigenvalue weighted by Gasteiger charge is -2.04. The van der Waals surface area contributed by atoms with E-state index in [9.17, 15) is 8.78 Å². The predicted octanol–water partition coefficient (Wildman–Crippen LogP) is 7.05. The van der Waals surface area contributed by atoms with Crippen LogP contribution in [0.25, 0.3) is 0 Å². The first-order valence-electron chi connectivity index (χ1n) is 7.80. The summed E-state index contributed by atoms with van der Waals surface area (Å²) in [5.74, 6) is -0.633. The van der Waals surface area contributed by atoms with Gasteiger partial charge in [0.25, 0.3) is 0 Å². The zero-order chi connectivity index (χ0) is 18.4. The van der Waals surface area contributed by atoms with E-state index in [0.29, 0.717) is 22.0 Å². The average molecular weight is 386 g/mol. The molecule has 0 amide bonds. The molecule has 1 nitrogen and oxygen atoms in total. The van der Waals surface area contributed by atoms with Gasteiger partial charge in [-0.25, -0.2) is 13.8 Å². The van der Waals surface area contributed by atoms with Crippen LogP contribution >= 0.6 is 23.4 Å². The van der Waals surface area contributed by atoms with Crippen LogP contribution in [0.15, 0.2) is 94.2 Å². The Morgan fingerprint density at radius 1 is 0.885 bits per heavy atom. The molecule has 0 aliphatic carbocycles. The molecule has 5 heteroatoms. The first-order valence-corrected chi connectivity index (χ1v) is 9.05. The molecule has 0 aliphatic rings. The number of nitrogens with zero attached hydrogens (tertiary/aromatic N) is 1. The molecular weight excluding hydrogens is 372 g/mol. The molecule has 0 N–H and O–H groups in total. The molecule has 130 valence electrons. The van der Waals surface area contributed by atoms with Gasteiger partial charge in [-0.15, -0.1) is 0 Å². The van der Waals surface area contributed by atoms with Crippen LogP contribution in [-0.2, 0) is 0 Å². The highest BCUT2D eigenvalue weighted by Crippen LogP contribution is 2.22. The van der Waals surface area contributed by atoms with Gasteiger partial charge in [-0.05, 0) is 72.1 Å². The number of rotatable bonds is 5. The highest BCUT2D eigenvalue weighted by atomic mass is 35.5. The van der Waals surface area contributed by atoms with Crippen molar-refractivity contribution in [2.45, 2.75) is 4.90 Å². The third-order valence-electron chi connectivity index (χ3n) is 3.47. The second-order valence-electron chi connectivity index (χ2n) is 5.33. The molecule has 0 atom stereocenters. The Hall–Kier alpha value is -2.43. The van der Waals surface area contributed by atoms with E-state index in [0.717, 1.165) is 4.90 Å². The molecule has 0 aliphatic heterocycles. The molecule has 0 radical (unpaired) electrons. The summed E-state index contributed by atoms with van der Waals surface area (Å²) < 4.78 is 27.2. The third kappa shape index (κ3) is 5.04. The summed E-state index contributed by atoms with van der Waals surface area (Å²) in [4.78, 5) is 5.41. The van der Waals surface area contributed by atoms with Crippen molar-refractivity contribution in [3.8, 4) is 0 Å². The van der Waals surface area contributed by atoms with Crippen molar-refractivity contribution in [2.24, 2.45) is 4.99 Å². The van der Waals surface area contributed by atoms with Gasteiger partial charge in [0.15, 0.2) is 0 Å². The summed E-state index contributed by atoms with van der Waals surface area (Å²) >= 11 is 7.30. The summed E-state index contributed by atoms with van der Waals surface area (Å²) in [6, 6.07) is 19.6. The normalized spacial score (nSPS) is 11.9. The minimum atomic E-state index is -0.350. The maximum absolute atomic E-state index is 14.2. The number of halogens is 3. The molecule has 3 aromatic carbocycles. The Morgan fingerprint density at radius 3 is 2.27 bits per heavy atom. The average Bonchev–Trinajstić information content (AvgIpc) is 2.65. The predicted molar refractivity (Wildman–Crippen MR) is 105 cm³/mol. The van der Waals surface area contributed by atoms with E-state index in [4.69, 9.17) is 11.6 Å². The minimum Gasteiger partial charge on any atom is -0.248 e. The molecule has 0 saturated heterocycles. The van der Waals surface area contributed by atoms with Crippen molar-refractivity contribution >= 4 is 34.8 Å². The molecule has 0 unspecified atom stereocenters. The second-order valence-corrected chi connectivity index (χ2v) is 6.74. The van der Waals surface area contributed by atoms with Gasteiger partial charge in [-0.2, -0.15) is 0 Å². The zero-order valence-electron chi connectivity index (χ0n) is 13.6.